The lowest BCUT2D eigenvalue weighted by Gasteiger charge is -2.30. The number of rotatable bonds is 8. The van der Waals surface area contributed by atoms with Crippen LogP contribution in [0.4, 0.5) is 5.82 Å². The standard InChI is InChI=1S/C19H32N4O2/c1-14(2)22(15(3)4)11-9-21-19(25)16-7-8-20-18(12-16)23-10-5-6-17(23)13-24/h7-8,12,14-15,17,24H,5-6,9-11,13H2,1-4H3,(H,21,25). The molecular formula is C19H32N4O2. The highest BCUT2D eigenvalue weighted by Crippen LogP contribution is 2.24. The van der Waals surface area contributed by atoms with E-state index in [0.717, 1.165) is 31.7 Å². The van der Waals surface area contributed by atoms with Crippen LogP contribution >= 0.6 is 0 Å². The number of hydrogen-bond acceptors (Lipinski definition) is 5. The van der Waals surface area contributed by atoms with E-state index in [9.17, 15) is 9.90 Å². The smallest absolute Gasteiger partial charge is 0.251 e. The third kappa shape index (κ3) is 5.16. The van der Waals surface area contributed by atoms with Gasteiger partial charge in [-0.3, -0.25) is 9.69 Å². The molecule has 1 aliphatic heterocycles. The average Bonchev–Trinajstić information content (AvgIpc) is 3.06. The number of aromatic nitrogens is 1. The lowest BCUT2D eigenvalue weighted by atomic mass is 10.2. The van der Waals surface area contributed by atoms with Gasteiger partial charge in [0.15, 0.2) is 0 Å². The third-order valence-electron chi connectivity index (χ3n) is 4.87. The Bertz CT molecular complexity index is 554. The minimum atomic E-state index is -0.0733. The van der Waals surface area contributed by atoms with Gasteiger partial charge in [0, 0.05) is 43.5 Å². The minimum absolute atomic E-state index is 0.0733. The second kappa shape index (κ2) is 9.15. The Kier molecular flexibility index (Phi) is 7.20. The first-order valence-corrected chi connectivity index (χ1v) is 9.31. The molecule has 0 aliphatic carbocycles. The maximum atomic E-state index is 12.5. The molecule has 0 radical (unpaired) electrons. The van der Waals surface area contributed by atoms with Crippen molar-refractivity contribution in [2.75, 3.05) is 31.1 Å². The first-order valence-electron chi connectivity index (χ1n) is 9.31. The topological polar surface area (TPSA) is 68.7 Å². The highest BCUT2D eigenvalue weighted by Gasteiger charge is 2.25. The molecule has 0 spiro atoms. The molecule has 25 heavy (non-hydrogen) atoms. The molecule has 1 fully saturated rings. The Balaban J connectivity index is 1.95. The number of nitrogens with one attached hydrogen (secondary N) is 1. The monoisotopic (exact) mass is 348 g/mol. The lowest BCUT2D eigenvalue weighted by Crippen LogP contribution is -2.42. The second-order valence-electron chi connectivity index (χ2n) is 7.26. The summed E-state index contributed by atoms with van der Waals surface area (Å²) >= 11 is 0. The molecule has 0 aromatic carbocycles. The maximum Gasteiger partial charge on any atom is 0.251 e. The molecule has 1 atom stereocenters. The van der Waals surface area contributed by atoms with Gasteiger partial charge < -0.3 is 15.3 Å². The van der Waals surface area contributed by atoms with Crippen molar-refractivity contribution < 1.29 is 9.90 Å². The Morgan fingerprint density at radius 3 is 2.76 bits per heavy atom. The van der Waals surface area contributed by atoms with E-state index in [1.54, 1.807) is 12.3 Å². The predicted molar refractivity (Wildman–Crippen MR) is 101 cm³/mol. The quantitative estimate of drug-likeness (QED) is 0.751. The summed E-state index contributed by atoms with van der Waals surface area (Å²) in [6.45, 7) is 11.1. The van der Waals surface area contributed by atoms with Crippen molar-refractivity contribution in [1.29, 1.82) is 0 Å². The van der Waals surface area contributed by atoms with Crippen molar-refractivity contribution in [2.45, 2.75) is 58.7 Å². The number of carbonyl (C=O) groups excluding carboxylic acids is 1. The second-order valence-corrected chi connectivity index (χ2v) is 7.26. The van der Waals surface area contributed by atoms with Crippen molar-refractivity contribution >= 4 is 11.7 Å². The predicted octanol–water partition coefficient (Wildman–Crippen LogP) is 1.89. The number of carbonyl (C=O) groups is 1. The molecule has 1 amide bonds. The molecule has 2 rings (SSSR count). The largest absolute Gasteiger partial charge is 0.394 e. The summed E-state index contributed by atoms with van der Waals surface area (Å²) in [4.78, 5) is 21.3. The summed E-state index contributed by atoms with van der Waals surface area (Å²) in [5.74, 6) is 0.700. The molecule has 140 valence electrons. The fraction of sp³-hybridized carbons (Fsp3) is 0.684. The number of amides is 1. The van der Waals surface area contributed by atoms with Gasteiger partial charge in [0.05, 0.1) is 12.6 Å². The number of hydrogen-bond donors (Lipinski definition) is 2. The molecule has 1 aromatic rings. The van der Waals surface area contributed by atoms with Crippen molar-refractivity contribution in [3.05, 3.63) is 23.9 Å². The van der Waals surface area contributed by atoms with Crippen LogP contribution in [0.3, 0.4) is 0 Å². The fourth-order valence-electron chi connectivity index (χ4n) is 3.56. The Morgan fingerprint density at radius 1 is 1.40 bits per heavy atom. The van der Waals surface area contributed by atoms with Gasteiger partial charge in [0.25, 0.3) is 5.91 Å². The third-order valence-corrected chi connectivity index (χ3v) is 4.87. The molecule has 0 bridgehead atoms. The number of nitrogens with zero attached hydrogens (tertiary/aromatic N) is 3. The van der Waals surface area contributed by atoms with Crippen molar-refractivity contribution in [2.24, 2.45) is 0 Å². The molecule has 2 N–H and O–H groups in total. The van der Waals surface area contributed by atoms with Crippen molar-refractivity contribution in [1.82, 2.24) is 15.2 Å². The van der Waals surface area contributed by atoms with Crippen LogP contribution in [-0.4, -0.2) is 65.3 Å². The van der Waals surface area contributed by atoms with E-state index in [-0.39, 0.29) is 18.6 Å². The number of aliphatic hydroxyl groups excluding tert-OH is 1. The summed E-state index contributed by atoms with van der Waals surface area (Å²) in [5.41, 5.74) is 0.620. The molecule has 1 unspecified atom stereocenters. The first-order chi connectivity index (χ1) is 11.9. The molecule has 0 saturated carbocycles. The van der Waals surface area contributed by atoms with Gasteiger partial charge in [-0.15, -0.1) is 0 Å². The van der Waals surface area contributed by atoms with Crippen LogP contribution in [-0.2, 0) is 0 Å². The van der Waals surface area contributed by atoms with Crippen molar-refractivity contribution in [3.8, 4) is 0 Å². The Morgan fingerprint density at radius 2 is 2.12 bits per heavy atom. The zero-order chi connectivity index (χ0) is 18.4. The maximum absolute atomic E-state index is 12.5. The highest BCUT2D eigenvalue weighted by molar-refractivity contribution is 5.94. The summed E-state index contributed by atoms with van der Waals surface area (Å²) < 4.78 is 0. The van der Waals surface area contributed by atoms with Gasteiger partial charge in [0.1, 0.15) is 5.82 Å². The van der Waals surface area contributed by atoms with E-state index < -0.39 is 0 Å². The van der Waals surface area contributed by atoms with Crippen LogP contribution in [0, 0.1) is 0 Å². The van der Waals surface area contributed by atoms with Crippen molar-refractivity contribution in [3.63, 3.8) is 0 Å². The van der Waals surface area contributed by atoms with Crippen LogP contribution in [0.5, 0.6) is 0 Å². The summed E-state index contributed by atoms with van der Waals surface area (Å²) in [6.07, 6.45) is 3.68. The van der Waals surface area contributed by atoms with Gasteiger partial charge in [0.2, 0.25) is 0 Å². The Labute approximate surface area is 151 Å². The van der Waals surface area contributed by atoms with Gasteiger partial charge >= 0.3 is 0 Å². The summed E-state index contributed by atoms with van der Waals surface area (Å²) in [7, 11) is 0. The van der Waals surface area contributed by atoms with E-state index in [0.29, 0.717) is 24.2 Å². The molecule has 1 saturated heterocycles. The lowest BCUT2D eigenvalue weighted by molar-refractivity contribution is 0.0939. The average molecular weight is 348 g/mol. The van der Waals surface area contributed by atoms with Gasteiger partial charge in [-0.2, -0.15) is 0 Å². The van der Waals surface area contributed by atoms with Crippen LogP contribution in [0.1, 0.15) is 50.9 Å². The molecule has 1 aliphatic rings. The minimum Gasteiger partial charge on any atom is -0.394 e. The van der Waals surface area contributed by atoms with Crippen LogP contribution < -0.4 is 10.2 Å². The number of pyridine rings is 1. The normalized spacial score (nSPS) is 17.8. The number of anilines is 1. The first kappa shape index (κ1) is 19.7. The van der Waals surface area contributed by atoms with Gasteiger partial charge in [-0.1, -0.05) is 0 Å². The zero-order valence-electron chi connectivity index (χ0n) is 15.9. The molecule has 2 heterocycles. The number of aliphatic hydroxyl groups is 1. The zero-order valence-corrected chi connectivity index (χ0v) is 15.9. The van der Waals surface area contributed by atoms with E-state index in [1.807, 2.05) is 6.07 Å². The summed E-state index contributed by atoms with van der Waals surface area (Å²) in [5, 5.41) is 12.5. The molecule has 6 heteroatoms. The van der Waals surface area contributed by atoms with E-state index >= 15 is 0 Å². The van der Waals surface area contributed by atoms with Crippen LogP contribution in [0.25, 0.3) is 0 Å². The molecular weight excluding hydrogens is 316 g/mol. The van der Waals surface area contributed by atoms with Crippen LogP contribution in [0.15, 0.2) is 18.3 Å². The van der Waals surface area contributed by atoms with Gasteiger partial charge in [-0.05, 0) is 52.7 Å². The van der Waals surface area contributed by atoms with Crippen LogP contribution in [0.2, 0.25) is 0 Å². The van der Waals surface area contributed by atoms with E-state index in [1.165, 1.54) is 0 Å². The highest BCUT2D eigenvalue weighted by atomic mass is 16.3. The molecule has 6 nitrogen and oxygen atoms in total. The molecule has 1 aromatic heterocycles. The van der Waals surface area contributed by atoms with E-state index in [2.05, 4.69) is 47.8 Å². The van der Waals surface area contributed by atoms with E-state index in [4.69, 9.17) is 0 Å². The Hall–Kier alpha value is -1.66. The SMILES string of the molecule is CC(C)N(CCNC(=O)c1ccnc(N2CCCC2CO)c1)C(C)C. The fourth-order valence-corrected chi connectivity index (χ4v) is 3.56. The van der Waals surface area contributed by atoms with Gasteiger partial charge in [-0.25, -0.2) is 4.98 Å². The summed E-state index contributed by atoms with van der Waals surface area (Å²) in [6, 6.07) is 4.58.